The van der Waals surface area contributed by atoms with E-state index in [1.54, 1.807) is 24.6 Å². The maximum absolute atomic E-state index is 13.1. The summed E-state index contributed by atoms with van der Waals surface area (Å²) >= 11 is 6.49. The first-order valence-corrected chi connectivity index (χ1v) is 10.8. The van der Waals surface area contributed by atoms with E-state index in [-0.39, 0.29) is 17.0 Å². The molecular weight excluding hydrogens is 408 g/mol. The number of nitriles is 1. The topological polar surface area (TPSA) is 78.6 Å². The molecule has 2 fully saturated rings. The fraction of sp³-hybridized carbons (Fsp3) is 0.500. The van der Waals surface area contributed by atoms with Gasteiger partial charge in [-0.3, -0.25) is 19.1 Å². The van der Waals surface area contributed by atoms with Crippen LogP contribution >= 0.6 is 24.0 Å². The van der Waals surface area contributed by atoms with Gasteiger partial charge in [-0.15, -0.1) is 0 Å². The van der Waals surface area contributed by atoms with Gasteiger partial charge < -0.3 is 9.64 Å². The molecule has 9 heteroatoms. The van der Waals surface area contributed by atoms with E-state index in [1.807, 2.05) is 0 Å². The molecule has 0 unspecified atom stereocenters. The van der Waals surface area contributed by atoms with Crippen LogP contribution in [0.15, 0.2) is 9.70 Å². The number of hydrogen-bond acceptors (Lipinski definition) is 7. The molecule has 0 aromatic carbocycles. The summed E-state index contributed by atoms with van der Waals surface area (Å²) in [6, 6.07) is 2.07. The summed E-state index contributed by atoms with van der Waals surface area (Å²) in [6.07, 6.45) is 3.53. The first kappa shape index (κ1) is 21.6. The molecule has 3 rings (SSSR count). The van der Waals surface area contributed by atoms with E-state index in [0.717, 1.165) is 24.2 Å². The summed E-state index contributed by atoms with van der Waals surface area (Å²) in [7, 11) is 1.65. The third-order valence-electron chi connectivity index (χ3n) is 5.15. The van der Waals surface area contributed by atoms with Crippen LogP contribution in [0.25, 0.3) is 6.08 Å². The monoisotopic (exact) mass is 432 g/mol. The summed E-state index contributed by atoms with van der Waals surface area (Å²) in [5.74, 6) is 0.585. The number of aromatic nitrogens is 1. The Morgan fingerprint density at radius 2 is 2.00 bits per heavy atom. The smallest absolute Gasteiger partial charge is 0.270 e. The Kier molecular flexibility index (Phi) is 6.77. The fourth-order valence-corrected chi connectivity index (χ4v) is 4.62. The number of pyridine rings is 1. The number of thiocarbonyl (C=S) groups is 1. The van der Waals surface area contributed by atoms with Crippen LogP contribution in [0.4, 0.5) is 5.82 Å². The zero-order chi connectivity index (χ0) is 21.1. The highest BCUT2D eigenvalue weighted by Gasteiger charge is 2.31. The minimum Gasteiger partial charge on any atom is -0.378 e. The number of anilines is 1. The molecular formula is C20H24N4O3S2. The van der Waals surface area contributed by atoms with Gasteiger partial charge in [0.1, 0.15) is 21.8 Å². The molecule has 0 spiro atoms. The minimum atomic E-state index is -0.278. The Bertz CT molecular complexity index is 971. The second kappa shape index (κ2) is 9.11. The Balaban J connectivity index is 2.27. The molecule has 3 heterocycles. The Morgan fingerprint density at radius 1 is 1.31 bits per heavy atom. The molecule has 0 radical (unpaired) electrons. The molecule has 0 saturated carbocycles. The summed E-state index contributed by atoms with van der Waals surface area (Å²) in [5.41, 5.74) is 1.16. The van der Waals surface area contributed by atoms with Gasteiger partial charge in [-0.2, -0.15) is 5.26 Å². The average Bonchev–Trinajstić information content (AvgIpc) is 2.96. The predicted molar refractivity (Wildman–Crippen MR) is 119 cm³/mol. The summed E-state index contributed by atoms with van der Waals surface area (Å²) < 4.78 is 7.67. The van der Waals surface area contributed by atoms with Crippen LogP contribution in [0.3, 0.4) is 0 Å². The molecule has 0 N–H and O–H groups in total. The number of thioether (sulfide) groups is 1. The molecule has 1 aromatic rings. The van der Waals surface area contributed by atoms with Gasteiger partial charge in [0, 0.05) is 32.2 Å². The van der Waals surface area contributed by atoms with Crippen LogP contribution < -0.4 is 10.5 Å². The van der Waals surface area contributed by atoms with E-state index in [1.165, 1.54) is 16.7 Å². The molecule has 0 bridgehead atoms. The minimum absolute atomic E-state index is 0.122. The lowest BCUT2D eigenvalue weighted by atomic mass is 10.0. The average molecular weight is 433 g/mol. The standard InChI is InChI=1S/C20H24N4O3S2/c1-4-5-6-24-17(23-7-9-27-10-8-23)14(13(2)15(12-21)18(24)25)11-16-19(26)22(3)20(28)29-16/h11H,4-10H2,1-3H3/b16-11-. The van der Waals surface area contributed by atoms with Crippen molar-refractivity contribution in [3.8, 4) is 6.07 Å². The van der Waals surface area contributed by atoms with Crippen molar-refractivity contribution in [2.24, 2.45) is 0 Å². The molecule has 0 atom stereocenters. The molecule has 2 saturated heterocycles. The molecule has 29 heavy (non-hydrogen) atoms. The predicted octanol–water partition coefficient (Wildman–Crippen LogP) is 2.50. The number of morpholine rings is 1. The number of carbonyl (C=O) groups is 1. The number of likely N-dealkylation sites (N-methyl/N-ethyl adjacent to an activating group) is 1. The van der Waals surface area contributed by atoms with E-state index >= 15 is 0 Å². The van der Waals surface area contributed by atoms with E-state index in [4.69, 9.17) is 17.0 Å². The van der Waals surface area contributed by atoms with Crippen molar-refractivity contribution >= 4 is 46.1 Å². The van der Waals surface area contributed by atoms with Crippen molar-refractivity contribution in [1.29, 1.82) is 5.26 Å². The van der Waals surface area contributed by atoms with Crippen LogP contribution in [0.2, 0.25) is 0 Å². The number of nitrogens with zero attached hydrogens (tertiary/aromatic N) is 4. The van der Waals surface area contributed by atoms with Crippen LogP contribution in [0.5, 0.6) is 0 Å². The van der Waals surface area contributed by atoms with Crippen molar-refractivity contribution in [3.63, 3.8) is 0 Å². The van der Waals surface area contributed by atoms with E-state index in [9.17, 15) is 14.9 Å². The van der Waals surface area contributed by atoms with Crippen molar-refractivity contribution < 1.29 is 9.53 Å². The quantitative estimate of drug-likeness (QED) is 0.522. The number of carbonyl (C=O) groups excluding carboxylic acids is 1. The number of rotatable bonds is 5. The summed E-state index contributed by atoms with van der Waals surface area (Å²) in [5, 5.41) is 9.65. The van der Waals surface area contributed by atoms with Crippen molar-refractivity contribution in [2.45, 2.75) is 33.2 Å². The van der Waals surface area contributed by atoms with Crippen LogP contribution in [0, 0.1) is 18.3 Å². The molecule has 2 aliphatic heterocycles. The number of amides is 1. The highest BCUT2D eigenvalue weighted by Crippen LogP contribution is 2.35. The number of unbranched alkanes of at least 4 members (excludes halogenated alkanes) is 1. The fourth-order valence-electron chi connectivity index (χ4n) is 3.46. The van der Waals surface area contributed by atoms with Gasteiger partial charge in [0.2, 0.25) is 0 Å². The van der Waals surface area contributed by atoms with E-state index in [2.05, 4.69) is 17.9 Å². The maximum atomic E-state index is 13.1. The van der Waals surface area contributed by atoms with Crippen LogP contribution in [0.1, 0.15) is 36.5 Å². The lowest BCUT2D eigenvalue weighted by Crippen LogP contribution is -2.41. The summed E-state index contributed by atoms with van der Waals surface area (Å²) in [6.45, 7) is 6.78. The maximum Gasteiger partial charge on any atom is 0.270 e. The number of hydrogen-bond donors (Lipinski definition) is 0. The molecule has 1 amide bonds. The Hall–Kier alpha value is -2.15. The van der Waals surface area contributed by atoms with Gasteiger partial charge in [0.15, 0.2) is 0 Å². The molecule has 7 nitrogen and oxygen atoms in total. The van der Waals surface area contributed by atoms with Gasteiger partial charge in [-0.05, 0) is 25.0 Å². The van der Waals surface area contributed by atoms with Gasteiger partial charge in [0.25, 0.3) is 11.5 Å². The lowest BCUT2D eigenvalue weighted by molar-refractivity contribution is -0.121. The third kappa shape index (κ3) is 4.10. The van der Waals surface area contributed by atoms with Crippen molar-refractivity contribution in [3.05, 3.63) is 31.9 Å². The first-order chi connectivity index (χ1) is 13.9. The summed E-state index contributed by atoms with van der Waals surface area (Å²) in [4.78, 5) is 29.7. The van der Waals surface area contributed by atoms with Crippen molar-refractivity contribution in [2.75, 3.05) is 38.3 Å². The van der Waals surface area contributed by atoms with Gasteiger partial charge in [-0.1, -0.05) is 37.3 Å². The molecule has 2 aliphatic rings. The van der Waals surface area contributed by atoms with Crippen LogP contribution in [-0.4, -0.2) is 53.0 Å². The van der Waals surface area contributed by atoms with E-state index < -0.39 is 0 Å². The Labute approximate surface area is 179 Å². The van der Waals surface area contributed by atoms with E-state index in [0.29, 0.717) is 47.6 Å². The van der Waals surface area contributed by atoms with Gasteiger partial charge in [-0.25, -0.2) is 0 Å². The second-order valence-electron chi connectivity index (χ2n) is 7.00. The highest BCUT2D eigenvalue weighted by molar-refractivity contribution is 8.26. The lowest BCUT2D eigenvalue weighted by Gasteiger charge is -2.33. The second-order valence-corrected chi connectivity index (χ2v) is 8.68. The highest BCUT2D eigenvalue weighted by atomic mass is 32.2. The zero-order valence-electron chi connectivity index (χ0n) is 16.9. The first-order valence-electron chi connectivity index (χ1n) is 9.62. The normalized spacial score (nSPS) is 18.6. The largest absolute Gasteiger partial charge is 0.378 e. The molecule has 0 aliphatic carbocycles. The number of ether oxygens (including phenoxy) is 1. The van der Waals surface area contributed by atoms with Crippen molar-refractivity contribution in [1.82, 2.24) is 9.47 Å². The SMILES string of the molecule is CCCCn1c(N2CCOCC2)c(/C=C2\SC(=S)N(C)C2=O)c(C)c(C#N)c1=O. The van der Waals surface area contributed by atoms with Gasteiger partial charge in [0.05, 0.1) is 18.1 Å². The molecule has 154 valence electrons. The third-order valence-corrected chi connectivity index (χ3v) is 6.64. The Morgan fingerprint density at radius 3 is 2.55 bits per heavy atom. The van der Waals surface area contributed by atoms with Gasteiger partial charge >= 0.3 is 0 Å². The van der Waals surface area contributed by atoms with Crippen LogP contribution in [-0.2, 0) is 16.1 Å². The molecule has 1 aromatic heterocycles. The zero-order valence-corrected chi connectivity index (χ0v) is 18.5.